The van der Waals surface area contributed by atoms with Crippen molar-refractivity contribution in [1.29, 1.82) is 0 Å². The van der Waals surface area contributed by atoms with Gasteiger partial charge in [0.2, 0.25) is 0 Å². The molecule has 0 bridgehead atoms. The third-order valence-electron chi connectivity index (χ3n) is 6.08. The Hall–Kier alpha value is -3.37. The smallest absolute Gasteiger partial charge is 0.132 e. The molecule has 1 fully saturated rings. The number of hydrogen-bond donors (Lipinski definition) is 1. The van der Waals surface area contributed by atoms with E-state index in [2.05, 4.69) is 0 Å². The summed E-state index contributed by atoms with van der Waals surface area (Å²) in [6.45, 7) is 0. The first-order valence-electron chi connectivity index (χ1n) is 9.94. The molecule has 0 amide bonds. The fourth-order valence-electron chi connectivity index (χ4n) is 4.62. The van der Waals surface area contributed by atoms with Gasteiger partial charge in [-0.05, 0) is 42.0 Å². The fourth-order valence-corrected chi connectivity index (χ4v) is 4.62. The second-order valence-corrected chi connectivity index (χ2v) is 8.11. The maximum absolute atomic E-state index is 13.7. The monoisotopic (exact) mass is 397 g/mol. The number of aromatic nitrogens is 1. The van der Waals surface area contributed by atoms with Gasteiger partial charge < -0.3 is 9.90 Å². The average Bonchev–Trinajstić information content (AvgIpc) is 2.76. The number of nitrogens with zero attached hydrogens (tertiary/aromatic N) is 1. The zero-order chi connectivity index (χ0) is 20.8. The molecule has 0 radical (unpaired) electrons. The zero-order valence-electron chi connectivity index (χ0n) is 16.3. The van der Waals surface area contributed by atoms with E-state index in [1.807, 2.05) is 60.7 Å². The Bertz CT molecular complexity index is 1250. The molecule has 1 aromatic heterocycles. The molecule has 4 heteroatoms. The minimum Gasteiger partial charge on any atom is -0.385 e. The van der Waals surface area contributed by atoms with E-state index < -0.39 is 16.8 Å². The highest BCUT2D eigenvalue weighted by Crippen LogP contribution is 2.55. The Morgan fingerprint density at radius 2 is 1.63 bits per heavy atom. The number of aldehydes is 1. The summed E-state index contributed by atoms with van der Waals surface area (Å²) >= 11 is 0. The number of halogens is 1. The second kappa shape index (κ2) is 6.85. The highest BCUT2D eigenvalue weighted by Gasteiger charge is 2.57. The lowest BCUT2D eigenvalue weighted by Crippen LogP contribution is -2.54. The van der Waals surface area contributed by atoms with Crippen molar-refractivity contribution in [1.82, 2.24) is 4.98 Å². The van der Waals surface area contributed by atoms with Crippen LogP contribution in [0.3, 0.4) is 0 Å². The number of rotatable bonds is 4. The van der Waals surface area contributed by atoms with Crippen molar-refractivity contribution < 1.29 is 14.3 Å². The van der Waals surface area contributed by atoms with E-state index >= 15 is 0 Å². The summed E-state index contributed by atoms with van der Waals surface area (Å²) in [5.74, 6) is -0.404. The summed E-state index contributed by atoms with van der Waals surface area (Å²) < 4.78 is 13.7. The minimum atomic E-state index is -1.26. The Labute approximate surface area is 173 Å². The van der Waals surface area contributed by atoms with Gasteiger partial charge in [-0.15, -0.1) is 0 Å². The standard InChI is InChI=1S/C26H20FNO2/c27-21-11-6-10-20(14-21)26(30)15-25(16-26,17-29)24-22-12-5-4-9-19(22)13-23(28-24)18-7-2-1-3-8-18/h1-14,17,30H,15-16H2. The molecule has 148 valence electrons. The summed E-state index contributed by atoms with van der Waals surface area (Å²) in [6, 6.07) is 25.6. The lowest BCUT2D eigenvalue weighted by Gasteiger charge is -2.50. The molecule has 0 atom stereocenters. The first-order valence-corrected chi connectivity index (χ1v) is 9.94. The third-order valence-corrected chi connectivity index (χ3v) is 6.08. The molecule has 0 unspecified atom stereocenters. The van der Waals surface area contributed by atoms with Crippen LogP contribution in [0.5, 0.6) is 0 Å². The number of hydrogen-bond acceptors (Lipinski definition) is 3. The Morgan fingerprint density at radius 3 is 2.37 bits per heavy atom. The second-order valence-electron chi connectivity index (χ2n) is 8.11. The predicted molar refractivity (Wildman–Crippen MR) is 114 cm³/mol. The summed E-state index contributed by atoms with van der Waals surface area (Å²) in [7, 11) is 0. The maximum Gasteiger partial charge on any atom is 0.132 e. The van der Waals surface area contributed by atoms with Crippen LogP contribution in [0.2, 0.25) is 0 Å². The number of benzene rings is 3. The molecular weight excluding hydrogens is 377 g/mol. The van der Waals surface area contributed by atoms with Crippen LogP contribution in [-0.4, -0.2) is 16.4 Å². The number of aliphatic hydroxyl groups is 1. The lowest BCUT2D eigenvalue weighted by molar-refractivity contribution is -0.136. The van der Waals surface area contributed by atoms with Gasteiger partial charge in [-0.25, -0.2) is 4.39 Å². The van der Waals surface area contributed by atoms with E-state index in [1.165, 1.54) is 12.1 Å². The van der Waals surface area contributed by atoms with Crippen LogP contribution in [-0.2, 0) is 15.8 Å². The summed E-state index contributed by atoms with van der Waals surface area (Å²) in [4.78, 5) is 17.3. The van der Waals surface area contributed by atoms with Crippen molar-refractivity contribution >= 4 is 17.1 Å². The van der Waals surface area contributed by atoms with Gasteiger partial charge in [0.15, 0.2) is 0 Å². The molecular formula is C26H20FNO2. The molecule has 1 saturated carbocycles. The zero-order valence-corrected chi connectivity index (χ0v) is 16.3. The van der Waals surface area contributed by atoms with Crippen LogP contribution in [0.25, 0.3) is 22.0 Å². The fraction of sp³-hybridized carbons (Fsp3) is 0.154. The highest BCUT2D eigenvalue weighted by atomic mass is 19.1. The maximum atomic E-state index is 13.7. The molecule has 0 saturated heterocycles. The first-order chi connectivity index (χ1) is 14.5. The van der Waals surface area contributed by atoms with Crippen LogP contribution in [0.15, 0.2) is 84.9 Å². The van der Waals surface area contributed by atoms with Gasteiger partial charge in [0, 0.05) is 10.9 Å². The van der Waals surface area contributed by atoms with Crippen molar-refractivity contribution in [3.8, 4) is 11.3 Å². The van der Waals surface area contributed by atoms with E-state index in [0.29, 0.717) is 11.3 Å². The van der Waals surface area contributed by atoms with Crippen molar-refractivity contribution in [2.45, 2.75) is 23.9 Å². The highest BCUT2D eigenvalue weighted by molar-refractivity contribution is 5.92. The van der Waals surface area contributed by atoms with Gasteiger partial charge in [0.05, 0.1) is 22.4 Å². The number of pyridine rings is 1. The quantitative estimate of drug-likeness (QED) is 0.484. The van der Waals surface area contributed by atoms with E-state index in [4.69, 9.17) is 4.98 Å². The van der Waals surface area contributed by atoms with E-state index in [9.17, 15) is 14.3 Å². The molecule has 5 rings (SSSR count). The number of carbonyl (C=O) groups is 1. The first kappa shape index (κ1) is 18.6. The molecule has 0 spiro atoms. The molecule has 3 nitrogen and oxygen atoms in total. The van der Waals surface area contributed by atoms with E-state index in [1.54, 1.807) is 12.1 Å². The van der Waals surface area contributed by atoms with Gasteiger partial charge in [-0.2, -0.15) is 0 Å². The normalized spacial score (nSPS) is 23.1. The average molecular weight is 397 g/mol. The van der Waals surface area contributed by atoms with Crippen molar-refractivity contribution in [3.05, 3.63) is 102 Å². The molecule has 1 N–H and O–H groups in total. The topological polar surface area (TPSA) is 50.2 Å². The number of carbonyl (C=O) groups excluding carboxylic acids is 1. The molecule has 0 aliphatic heterocycles. The van der Waals surface area contributed by atoms with Crippen LogP contribution in [0.4, 0.5) is 4.39 Å². The summed E-state index contributed by atoms with van der Waals surface area (Å²) in [5.41, 5.74) is 0.719. The van der Waals surface area contributed by atoms with Gasteiger partial charge in [0.25, 0.3) is 0 Å². The Kier molecular flexibility index (Phi) is 4.26. The lowest BCUT2D eigenvalue weighted by atomic mass is 9.55. The predicted octanol–water partition coefficient (Wildman–Crippen LogP) is 5.16. The molecule has 30 heavy (non-hydrogen) atoms. The van der Waals surface area contributed by atoms with Gasteiger partial charge >= 0.3 is 0 Å². The van der Waals surface area contributed by atoms with Crippen molar-refractivity contribution in [2.24, 2.45) is 0 Å². The van der Waals surface area contributed by atoms with Gasteiger partial charge in [0.1, 0.15) is 12.1 Å². The number of fused-ring (bicyclic) bond motifs is 1. The molecule has 1 heterocycles. The Balaban J connectivity index is 1.64. The molecule has 1 aliphatic rings. The SMILES string of the molecule is O=CC1(c2nc(-c3ccccc3)cc3ccccc23)CC(O)(c2cccc(F)c2)C1. The summed E-state index contributed by atoms with van der Waals surface area (Å²) in [5, 5.41) is 13.0. The van der Waals surface area contributed by atoms with Crippen LogP contribution in [0, 0.1) is 5.82 Å². The van der Waals surface area contributed by atoms with Crippen LogP contribution < -0.4 is 0 Å². The molecule has 1 aliphatic carbocycles. The van der Waals surface area contributed by atoms with Crippen molar-refractivity contribution in [2.75, 3.05) is 0 Å². The minimum absolute atomic E-state index is 0.169. The van der Waals surface area contributed by atoms with Gasteiger partial charge in [-0.1, -0.05) is 66.7 Å². The largest absolute Gasteiger partial charge is 0.385 e. The molecule has 3 aromatic carbocycles. The Morgan fingerprint density at radius 1 is 0.900 bits per heavy atom. The van der Waals surface area contributed by atoms with E-state index in [-0.39, 0.29) is 12.8 Å². The van der Waals surface area contributed by atoms with Crippen LogP contribution in [0.1, 0.15) is 24.1 Å². The molecule has 4 aromatic rings. The van der Waals surface area contributed by atoms with Crippen molar-refractivity contribution in [3.63, 3.8) is 0 Å². The van der Waals surface area contributed by atoms with Crippen LogP contribution >= 0.6 is 0 Å². The van der Waals surface area contributed by atoms with Gasteiger partial charge in [-0.3, -0.25) is 4.98 Å². The third kappa shape index (κ3) is 2.92. The van der Waals surface area contributed by atoms with E-state index in [0.717, 1.165) is 28.3 Å². The summed E-state index contributed by atoms with van der Waals surface area (Å²) in [6.07, 6.45) is 1.23.